The first-order valence-corrected chi connectivity index (χ1v) is 11.5. The molecule has 5 rings (SSSR count). The number of nitrogens with one attached hydrogen (secondary N) is 1. The molecule has 1 aliphatic rings. The minimum absolute atomic E-state index is 0.574. The molecule has 0 saturated carbocycles. The Morgan fingerprint density at radius 2 is 1.62 bits per heavy atom. The van der Waals surface area contributed by atoms with Gasteiger partial charge in [-0.3, -0.25) is 0 Å². The highest BCUT2D eigenvalue weighted by Gasteiger charge is 2.33. The van der Waals surface area contributed by atoms with Crippen molar-refractivity contribution in [3.8, 4) is 5.75 Å². The highest BCUT2D eigenvalue weighted by atomic mass is 16.5. The fourth-order valence-electron chi connectivity index (χ4n) is 4.66. The zero-order valence-electron chi connectivity index (χ0n) is 18.3. The fraction of sp³-hybridized carbons (Fsp3) is 0.286. The van der Waals surface area contributed by atoms with E-state index >= 15 is 0 Å². The summed E-state index contributed by atoms with van der Waals surface area (Å²) in [6, 6.07) is 26.6. The van der Waals surface area contributed by atoms with Crippen molar-refractivity contribution in [3.63, 3.8) is 0 Å². The lowest BCUT2D eigenvalue weighted by Crippen LogP contribution is -2.43. The molecular formula is C28H30N2O2. The summed E-state index contributed by atoms with van der Waals surface area (Å²) in [7, 11) is 0. The Hall–Kier alpha value is -3.08. The van der Waals surface area contributed by atoms with Gasteiger partial charge in [-0.05, 0) is 54.2 Å². The molecule has 0 spiro atoms. The first kappa shape index (κ1) is 20.8. The van der Waals surface area contributed by atoms with Crippen LogP contribution in [0, 0.1) is 0 Å². The SMILES string of the molecule is OC1(c2ccccc2)CCN(CCc2c[nH]c3ccc(OCc4ccccc4)cc23)CC1. The predicted molar refractivity (Wildman–Crippen MR) is 129 cm³/mol. The molecule has 0 aliphatic carbocycles. The largest absolute Gasteiger partial charge is 0.489 e. The van der Waals surface area contributed by atoms with E-state index in [4.69, 9.17) is 4.74 Å². The number of H-pyrrole nitrogens is 1. The maximum Gasteiger partial charge on any atom is 0.120 e. The van der Waals surface area contributed by atoms with Gasteiger partial charge in [-0.2, -0.15) is 0 Å². The van der Waals surface area contributed by atoms with E-state index in [0.29, 0.717) is 6.61 Å². The molecule has 3 aromatic carbocycles. The average Bonchev–Trinajstić information content (AvgIpc) is 3.26. The quantitative estimate of drug-likeness (QED) is 0.423. The van der Waals surface area contributed by atoms with E-state index in [-0.39, 0.29) is 0 Å². The zero-order valence-corrected chi connectivity index (χ0v) is 18.3. The molecule has 2 heterocycles. The lowest BCUT2D eigenvalue weighted by atomic mass is 9.84. The Kier molecular flexibility index (Phi) is 5.97. The Bertz CT molecular complexity index is 1150. The van der Waals surface area contributed by atoms with Crippen LogP contribution >= 0.6 is 0 Å². The van der Waals surface area contributed by atoms with E-state index in [0.717, 1.165) is 55.7 Å². The van der Waals surface area contributed by atoms with Crippen LogP contribution in [-0.4, -0.2) is 34.6 Å². The van der Waals surface area contributed by atoms with E-state index in [1.165, 1.54) is 16.5 Å². The molecule has 1 fully saturated rings. The Morgan fingerprint density at radius 1 is 0.906 bits per heavy atom. The summed E-state index contributed by atoms with van der Waals surface area (Å²) in [4.78, 5) is 5.86. The third kappa shape index (κ3) is 4.57. The van der Waals surface area contributed by atoms with Crippen molar-refractivity contribution in [1.82, 2.24) is 9.88 Å². The number of piperidine rings is 1. The van der Waals surface area contributed by atoms with E-state index in [1.54, 1.807) is 0 Å². The van der Waals surface area contributed by atoms with E-state index in [1.807, 2.05) is 54.6 Å². The van der Waals surface area contributed by atoms with Gasteiger partial charge in [0.2, 0.25) is 0 Å². The van der Waals surface area contributed by atoms with Crippen molar-refractivity contribution in [1.29, 1.82) is 0 Å². The topological polar surface area (TPSA) is 48.5 Å². The summed E-state index contributed by atoms with van der Waals surface area (Å²) < 4.78 is 6.03. The smallest absolute Gasteiger partial charge is 0.120 e. The van der Waals surface area contributed by atoms with Crippen molar-refractivity contribution < 1.29 is 9.84 Å². The van der Waals surface area contributed by atoms with E-state index < -0.39 is 5.60 Å². The number of aliphatic hydroxyl groups is 1. The van der Waals surface area contributed by atoms with Crippen molar-refractivity contribution >= 4 is 10.9 Å². The monoisotopic (exact) mass is 426 g/mol. The average molecular weight is 427 g/mol. The van der Waals surface area contributed by atoms with Crippen LogP contribution in [-0.2, 0) is 18.6 Å². The van der Waals surface area contributed by atoms with Crippen LogP contribution < -0.4 is 4.74 Å². The van der Waals surface area contributed by atoms with Gasteiger partial charge in [0.05, 0.1) is 5.60 Å². The first-order valence-electron chi connectivity index (χ1n) is 11.5. The normalized spacial score (nSPS) is 16.3. The Balaban J connectivity index is 1.19. The molecule has 4 heteroatoms. The molecule has 32 heavy (non-hydrogen) atoms. The third-order valence-electron chi connectivity index (χ3n) is 6.68. The lowest BCUT2D eigenvalue weighted by molar-refractivity contribution is -0.0255. The highest BCUT2D eigenvalue weighted by molar-refractivity contribution is 5.84. The summed E-state index contributed by atoms with van der Waals surface area (Å²) >= 11 is 0. The lowest BCUT2D eigenvalue weighted by Gasteiger charge is -2.38. The molecule has 2 N–H and O–H groups in total. The fourth-order valence-corrected chi connectivity index (χ4v) is 4.66. The Morgan fingerprint density at radius 3 is 2.38 bits per heavy atom. The molecule has 0 amide bonds. The van der Waals surface area contributed by atoms with Crippen molar-refractivity contribution in [2.75, 3.05) is 19.6 Å². The first-order chi connectivity index (χ1) is 15.7. The number of hydrogen-bond acceptors (Lipinski definition) is 3. The molecule has 1 aromatic heterocycles. The highest BCUT2D eigenvalue weighted by Crippen LogP contribution is 2.33. The van der Waals surface area contributed by atoms with Crippen molar-refractivity contribution in [2.24, 2.45) is 0 Å². The maximum absolute atomic E-state index is 11.1. The molecule has 0 radical (unpaired) electrons. The second-order valence-corrected chi connectivity index (χ2v) is 8.78. The van der Waals surface area contributed by atoms with Gasteiger partial charge in [-0.15, -0.1) is 0 Å². The number of fused-ring (bicyclic) bond motifs is 1. The van der Waals surface area contributed by atoms with Crippen LogP contribution in [0.25, 0.3) is 10.9 Å². The molecule has 4 aromatic rings. The number of ether oxygens (including phenoxy) is 1. The van der Waals surface area contributed by atoms with Crippen LogP contribution in [0.4, 0.5) is 0 Å². The molecule has 1 aliphatic heterocycles. The molecule has 0 atom stereocenters. The van der Waals surface area contributed by atoms with Gasteiger partial charge >= 0.3 is 0 Å². The van der Waals surface area contributed by atoms with Crippen LogP contribution in [0.3, 0.4) is 0 Å². The predicted octanol–water partition coefficient (Wildman–Crippen LogP) is 5.27. The number of aromatic amines is 1. The second kappa shape index (κ2) is 9.19. The van der Waals surface area contributed by atoms with E-state index in [9.17, 15) is 5.11 Å². The van der Waals surface area contributed by atoms with Crippen molar-refractivity contribution in [2.45, 2.75) is 31.5 Å². The van der Waals surface area contributed by atoms with Gasteiger partial charge in [-0.1, -0.05) is 60.7 Å². The standard InChI is InChI=1S/C28H30N2O2/c31-28(24-9-5-2-6-10-24)14-17-30(18-15-28)16-13-23-20-29-27-12-11-25(19-26(23)27)32-21-22-7-3-1-4-8-22/h1-12,19-20,29,31H,13-18,21H2. The molecule has 0 bridgehead atoms. The molecule has 164 valence electrons. The molecular weight excluding hydrogens is 396 g/mol. The van der Waals surface area contributed by atoms with Gasteiger partial charge in [-0.25, -0.2) is 0 Å². The van der Waals surface area contributed by atoms with Gasteiger partial charge in [0.15, 0.2) is 0 Å². The molecule has 1 saturated heterocycles. The third-order valence-corrected chi connectivity index (χ3v) is 6.68. The summed E-state index contributed by atoms with van der Waals surface area (Å²) in [5.74, 6) is 0.896. The number of aromatic nitrogens is 1. The number of benzene rings is 3. The van der Waals surface area contributed by atoms with Gasteiger partial charge in [0.1, 0.15) is 12.4 Å². The summed E-state index contributed by atoms with van der Waals surface area (Å²) in [6.45, 7) is 3.40. The number of nitrogens with zero attached hydrogens (tertiary/aromatic N) is 1. The second-order valence-electron chi connectivity index (χ2n) is 8.78. The minimum Gasteiger partial charge on any atom is -0.489 e. The van der Waals surface area contributed by atoms with E-state index in [2.05, 4.69) is 40.3 Å². The van der Waals surface area contributed by atoms with Crippen LogP contribution in [0.1, 0.15) is 29.5 Å². The number of hydrogen-bond donors (Lipinski definition) is 2. The van der Waals surface area contributed by atoms with Crippen molar-refractivity contribution in [3.05, 3.63) is 102 Å². The summed E-state index contributed by atoms with van der Waals surface area (Å²) in [5, 5.41) is 12.3. The van der Waals surface area contributed by atoms with Gasteiger partial charge in [0.25, 0.3) is 0 Å². The summed E-state index contributed by atoms with van der Waals surface area (Å²) in [5.41, 5.74) is 3.98. The zero-order chi connectivity index (χ0) is 21.8. The van der Waals surface area contributed by atoms with Crippen LogP contribution in [0.15, 0.2) is 85.1 Å². The number of rotatable bonds is 7. The van der Waals surface area contributed by atoms with Gasteiger partial charge in [0, 0.05) is 36.7 Å². The molecule has 4 nitrogen and oxygen atoms in total. The minimum atomic E-state index is -0.691. The number of likely N-dealkylation sites (tertiary alicyclic amines) is 1. The Labute approximate surface area is 189 Å². The van der Waals surface area contributed by atoms with Crippen LogP contribution in [0.5, 0.6) is 5.75 Å². The van der Waals surface area contributed by atoms with Gasteiger partial charge < -0.3 is 19.7 Å². The molecule has 0 unspecified atom stereocenters. The summed E-state index contributed by atoms with van der Waals surface area (Å²) in [6.07, 6.45) is 4.66. The maximum atomic E-state index is 11.1. The van der Waals surface area contributed by atoms with Crippen LogP contribution in [0.2, 0.25) is 0 Å².